The molecule has 2 heterocycles. The van der Waals surface area contributed by atoms with Crippen LogP contribution in [0.4, 0.5) is 0 Å². The number of hydrogen-bond donors (Lipinski definition) is 0. The van der Waals surface area contributed by atoms with Crippen LogP contribution in [-0.2, 0) is 6.42 Å². The molecule has 0 aliphatic heterocycles. The van der Waals surface area contributed by atoms with Gasteiger partial charge < -0.3 is 4.42 Å². The Morgan fingerprint density at radius 1 is 1.33 bits per heavy atom. The lowest BCUT2D eigenvalue weighted by Crippen LogP contribution is -2.01. The number of aryl methyl sites for hydroxylation is 1. The van der Waals surface area contributed by atoms with Gasteiger partial charge in [-0.25, -0.2) is 4.98 Å². The maximum absolute atomic E-state index is 5.34. The number of furan rings is 1. The van der Waals surface area contributed by atoms with E-state index in [0.717, 1.165) is 35.5 Å². The molecule has 0 amide bonds. The van der Waals surface area contributed by atoms with Gasteiger partial charge in [0, 0.05) is 5.92 Å². The summed E-state index contributed by atoms with van der Waals surface area (Å²) in [6, 6.07) is 1.95. The first-order valence-corrected chi connectivity index (χ1v) is 5.46. The fraction of sp³-hybridized carbons (Fsp3) is 0.500. The first-order chi connectivity index (χ1) is 7.22. The molecule has 0 aliphatic carbocycles. The fourth-order valence-corrected chi connectivity index (χ4v) is 1.62. The monoisotopic (exact) mass is 204 g/mol. The molecule has 80 valence electrons. The SMILES string of the molecule is CCCc1nc(C(C)C)nc2occc12. The van der Waals surface area contributed by atoms with Crippen LogP contribution in [0.2, 0.25) is 0 Å². The molecule has 0 unspecified atom stereocenters. The Balaban J connectivity index is 2.58. The molecular formula is C12H16N2O. The number of nitrogens with zero attached hydrogens (tertiary/aromatic N) is 2. The van der Waals surface area contributed by atoms with Gasteiger partial charge in [0.2, 0.25) is 5.71 Å². The van der Waals surface area contributed by atoms with E-state index in [-0.39, 0.29) is 0 Å². The van der Waals surface area contributed by atoms with E-state index in [4.69, 9.17) is 4.42 Å². The van der Waals surface area contributed by atoms with Crippen LogP contribution in [0.25, 0.3) is 11.1 Å². The molecule has 0 radical (unpaired) electrons. The van der Waals surface area contributed by atoms with Crippen LogP contribution in [0, 0.1) is 0 Å². The lowest BCUT2D eigenvalue weighted by atomic mass is 10.1. The van der Waals surface area contributed by atoms with Gasteiger partial charge in [0.15, 0.2) is 0 Å². The van der Waals surface area contributed by atoms with E-state index in [1.165, 1.54) is 0 Å². The first kappa shape index (κ1) is 10.1. The molecule has 2 aromatic rings. The predicted molar refractivity (Wildman–Crippen MR) is 59.9 cm³/mol. The van der Waals surface area contributed by atoms with Gasteiger partial charge in [-0.05, 0) is 12.5 Å². The molecule has 3 nitrogen and oxygen atoms in total. The third kappa shape index (κ3) is 1.87. The second kappa shape index (κ2) is 4.01. The third-order valence-electron chi connectivity index (χ3n) is 2.42. The Kier molecular flexibility index (Phi) is 2.71. The van der Waals surface area contributed by atoms with E-state index in [1.807, 2.05) is 6.07 Å². The van der Waals surface area contributed by atoms with E-state index < -0.39 is 0 Å². The standard InChI is InChI=1S/C12H16N2O/c1-4-5-10-9-6-7-15-12(9)14-11(13-10)8(2)3/h6-8H,4-5H2,1-3H3. The quantitative estimate of drug-likeness (QED) is 0.770. The second-order valence-corrected chi connectivity index (χ2v) is 4.07. The van der Waals surface area contributed by atoms with Crippen molar-refractivity contribution >= 4 is 11.1 Å². The zero-order chi connectivity index (χ0) is 10.8. The number of fused-ring (bicyclic) bond motifs is 1. The average molecular weight is 204 g/mol. The summed E-state index contributed by atoms with van der Waals surface area (Å²) in [4.78, 5) is 8.99. The molecule has 0 saturated heterocycles. The average Bonchev–Trinajstić information content (AvgIpc) is 2.65. The molecule has 3 heteroatoms. The van der Waals surface area contributed by atoms with Crippen LogP contribution >= 0.6 is 0 Å². The summed E-state index contributed by atoms with van der Waals surface area (Å²) in [5.74, 6) is 1.22. The molecule has 0 atom stereocenters. The van der Waals surface area contributed by atoms with Gasteiger partial charge in [-0.3, -0.25) is 0 Å². The van der Waals surface area contributed by atoms with Crippen molar-refractivity contribution in [3.8, 4) is 0 Å². The smallest absolute Gasteiger partial charge is 0.229 e. The van der Waals surface area contributed by atoms with Crippen LogP contribution in [0.5, 0.6) is 0 Å². The highest BCUT2D eigenvalue weighted by Crippen LogP contribution is 2.21. The normalized spacial score (nSPS) is 11.5. The van der Waals surface area contributed by atoms with E-state index >= 15 is 0 Å². The van der Waals surface area contributed by atoms with Gasteiger partial charge >= 0.3 is 0 Å². The lowest BCUT2D eigenvalue weighted by Gasteiger charge is -2.06. The van der Waals surface area contributed by atoms with Crippen molar-refractivity contribution in [1.82, 2.24) is 9.97 Å². The van der Waals surface area contributed by atoms with Crippen molar-refractivity contribution in [3.05, 3.63) is 23.8 Å². The van der Waals surface area contributed by atoms with Crippen LogP contribution in [0.1, 0.15) is 44.6 Å². The van der Waals surface area contributed by atoms with Gasteiger partial charge in [-0.1, -0.05) is 27.2 Å². The number of hydrogen-bond acceptors (Lipinski definition) is 3. The summed E-state index contributed by atoms with van der Waals surface area (Å²) in [6.07, 6.45) is 3.76. The van der Waals surface area contributed by atoms with Crippen LogP contribution < -0.4 is 0 Å². The van der Waals surface area contributed by atoms with Gasteiger partial charge in [0.25, 0.3) is 0 Å². The maximum atomic E-state index is 5.34. The molecule has 0 saturated carbocycles. The minimum Gasteiger partial charge on any atom is -0.446 e. The largest absolute Gasteiger partial charge is 0.446 e. The van der Waals surface area contributed by atoms with Crippen molar-refractivity contribution in [1.29, 1.82) is 0 Å². The Bertz CT molecular complexity index is 460. The number of rotatable bonds is 3. The highest BCUT2D eigenvalue weighted by atomic mass is 16.3. The fourth-order valence-electron chi connectivity index (χ4n) is 1.62. The molecule has 0 fully saturated rings. The molecule has 0 aliphatic rings. The van der Waals surface area contributed by atoms with Crippen molar-refractivity contribution in [2.45, 2.75) is 39.5 Å². The predicted octanol–water partition coefficient (Wildman–Crippen LogP) is 3.30. The van der Waals surface area contributed by atoms with Crippen LogP contribution in [0.15, 0.2) is 16.7 Å². The summed E-state index contributed by atoms with van der Waals surface area (Å²) in [5.41, 5.74) is 1.83. The summed E-state index contributed by atoms with van der Waals surface area (Å²) >= 11 is 0. The highest BCUT2D eigenvalue weighted by Gasteiger charge is 2.11. The molecule has 2 rings (SSSR count). The van der Waals surface area contributed by atoms with E-state index in [9.17, 15) is 0 Å². The summed E-state index contributed by atoms with van der Waals surface area (Å²) in [7, 11) is 0. The minimum atomic E-state index is 0.343. The minimum absolute atomic E-state index is 0.343. The van der Waals surface area contributed by atoms with Gasteiger partial charge in [-0.2, -0.15) is 4.98 Å². The Labute approximate surface area is 89.5 Å². The van der Waals surface area contributed by atoms with Crippen molar-refractivity contribution in [2.24, 2.45) is 0 Å². The molecular weight excluding hydrogens is 188 g/mol. The van der Waals surface area contributed by atoms with E-state index in [1.54, 1.807) is 6.26 Å². The molecule has 0 N–H and O–H groups in total. The molecule has 0 spiro atoms. The Hall–Kier alpha value is -1.38. The molecule has 2 aromatic heterocycles. The molecule has 0 aromatic carbocycles. The van der Waals surface area contributed by atoms with Crippen molar-refractivity contribution in [2.75, 3.05) is 0 Å². The summed E-state index contributed by atoms with van der Waals surface area (Å²) in [6.45, 7) is 6.35. The van der Waals surface area contributed by atoms with E-state index in [2.05, 4.69) is 30.7 Å². The maximum Gasteiger partial charge on any atom is 0.229 e. The number of aromatic nitrogens is 2. The highest BCUT2D eigenvalue weighted by molar-refractivity contribution is 5.75. The zero-order valence-corrected chi connectivity index (χ0v) is 9.45. The van der Waals surface area contributed by atoms with Crippen LogP contribution in [-0.4, -0.2) is 9.97 Å². The zero-order valence-electron chi connectivity index (χ0n) is 9.45. The second-order valence-electron chi connectivity index (χ2n) is 4.07. The van der Waals surface area contributed by atoms with Crippen LogP contribution in [0.3, 0.4) is 0 Å². The first-order valence-electron chi connectivity index (χ1n) is 5.46. The topological polar surface area (TPSA) is 38.9 Å². The molecule has 0 bridgehead atoms. The lowest BCUT2D eigenvalue weighted by molar-refractivity contribution is 0.595. The van der Waals surface area contributed by atoms with Gasteiger partial charge in [0.05, 0.1) is 17.3 Å². The Morgan fingerprint density at radius 3 is 2.80 bits per heavy atom. The van der Waals surface area contributed by atoms with E-state index in [0.29, 0.717) is 5.92 Å². The summed E-state index contributed by atoms with van der Waals surface area (Å²) < 4.78 is 5.34. The Morgan fingerprint density at radius 2 is 2.13 bits per heavy atom. The van der Waals surface area contributed by atoms with Gasteiger partial charge in [0.1, 0.15) is 5.82 Å². The third-order valence-corrected chi connectivity index (χ3v) is 2.42. The van der Waals surface area contributed by atoms with Gasteiger partial charge in [-0.15, -0.1) is 0 Å². The summed E-state index contributed by atoms with van der Waals surface area (Å²) in [5, 5.41) is 1.06. The van der Waals surface area contributed by atoms with Crippen molar-refractivity contribution in [3.63, 3.8) is 0 Å². The van der Waals surface area contributed by atoms with Crippen molar-refractivity contribution < 1.29 is 4.42 Å². The molecule has 15 heavy (non-hydrogen) atoms.